The molecule has 2 aromatic rings. The normalized spacial score (nSPS) is 16.6. The van der Waals surface area contributed by atoms with Crippen LogP contribution in [0.3, 0.4) is 0 Å². The van der Waals surface area contributed by atoms with Crippen LogP contribution in [0.2, 0.25) is 0 Å². The molecule has 10 nitrogen and oxygen atoms in total. The molecule has 1 saturated heterocycles. The number of methoxy groups -OCH3 is 1. The maximum Gasteiger partial charge on any atom is 0.318 e. The Morgan fingerprint density at radius 2 is 2.00 bits per heavy atom. The molecule has 0 spiro atoms. The number of carbonyl (C=O) groups excluding carboxylic acids is 2. The highest BCUT2D eigenvalue weighted by molar-refractivity contribution is 6.03. The molecule has 2 aliphatic rings. The third-order valence-corrected chi connectivity index (χ3v) is 5.65. The molecule has 1 aromatic heterocycles. The van der Waals surface area contributed by atoms with E-state index in [0.717, 1.165) is 29.9 Å². The van der Waals surface area contributed by atoms with E-state index in [1.165, 1.54) is 0 Å². The van der Waals surface area contributed by atoms with Crippen LogP contribution in [-0.4, -0.2) is 75.0 Å². The van der Waals surface area contributed by atoms with Crippen molar-refractivity contribution in [3.05, 3.63) is 30.5 Å². The van der Waals surface area contributed by atoms with Crippen molar-refractivity contribution in [3.8, 4) is 11.4 Å². The highest BCUT2D eigenvalue weighted by Crippen LogP contribution is 2.36. The summed E-state index contributed by atoms with van der Waals surface area (Å²) in [6, 6.07) is 7.12. The van der Waals surface area contributed by atoms with Crippen LogP contribution in [0.5, 0.6) is 0 Å². The summed E-state index contributed by atoms with van der Waals surface area (Å²) in [5.74, 6) is 1.33. The van der Waals surface area contributed by atoms with Crippen molar-refractivity contribution >= 4 is 29.1 Å². The molecule has 0 unspecified atom stereocenters. The predicted molar refractivity (Wildman–Crippen MR) is 121 cm³/mol. The summed E-state index contributed by atoms with van der Waals surface area (Å²) < 4.78 is 10.7. The number of ether oxygens (including phenoxy) is 2. The SMILES string of the molecule is CNC(=O)Nc1ccc(-c2ncc3c(n2)N(CCOC)CC(=O)N3C2CCOCC2)cc1. The van der Waals surface area contributed by atoms with Gasteiger partial charge in [-0.15, -0.1) is 0 Å². The molecule has 0 radical (unpaired) electrons. The van der Waals surface area contributed by atoms with Crippen LogP contribution in [0.15, 0.2) is 30.5 Å². The van der Waals surface area contributed by atoms with Crippen LogP contribution < -0.4 is 20.4 Å². The lowest BCUT2D eigenvalue weighted by Crippen LogP contribution is -2.52. The molecule has 0 atom stereocenters. The van der Waals surface area contributed by atoms with E-state index < -0.39 is 0 Å². The minimum absolute atomic E-state index is 0.0430. The Labute approximate surface area is 186 Å². The molecule has 2 aliphatic heterocycles. The van der Waals surface area contributed by atoms with Gasteiger partial charge in [0.25, 0.3) is 0 Å². The number of nitrogens with one attached hydrogen (secondary N) is 2. The zero-order valence-corrected chi connectivity index (χ0v) is 18.3. The van der Waals surface area contributed by atoms with Crippen LogP contribution >= 0.6 is 0 Å². The minimum atomic E-state index is -0.283. The smallest absolute Gasteiger partial charge is 0.318 e. The van der Waals surface area contributed by atoms with E-state index in [2.05, 4.69) is 15.6 Å². The standard InChI is InChI=1S/C22H28N6O4/c1-23-22(30)25-16-5-3-15(4-6-16)20-24-13-18-21(26-20)27(9-12-31-2)14-19(29)28(18)17-7-10-32-11-8-17/h3-6,13,17H,7-12,14H2,1-2H3,(H2,23,25,30). The topological polar surface area (TPSA) is 109 Å². The maximum atomic E-state index is 13.0. The quantitative estimate of drug-likeness (QED) is 0.706. The lowest BCUT2D eigenvalue weighted by molar-refractivity contribution is -0.118. The number of urea groups is 1. The largest absolute Gasteiger partial charge is 0.383 e. The van der Waals surface area contributed by atoms with Crippen molar-refractivity contribution in [1.82, 2.24) is 15.3 Å². The predicted octanol–water partition coefficient (Wildman–Crippen LogP) is 1.87. The number of fused-ring (bicyclic) bond motifs is 1. The van der Waals surface area contributed by atoms with Crippen molar-refractivity contribution < 1.29 is 19.1 Å². The third-order valence-electron chi connectivity index (χ3n) is 5.65. The van der Waals surface area contributed by atoms with Gasteiger partial charge in [0.2, 0.25) is 5.91 Å². The van der Waals surface area contributed by atoms with Gasteiger partial charge in [-0.1, -0.05) is 0 Å². The van der Waals surface area contributed by atoms with E-state index in [-0.39, 0.29) is 24.5 Å². The van der Waals surface area contributed by atoms with Crippen molar-refractivity contribution in [3.63, 3.8) is 0 Å². The Morgan fingerprint density at radius 3 is 2.69 bits per heavy atom. The fourth-order valence-electron chi connectivity index (χ4n) is 3.98. The number of nitrogens with zero attached hydrogens (tertiary/aromatic N) is 4. The van der Waals surface area contributed by atoms with Gasteiger partial charge in [-0.2, -0.15) is 0 Å². The fourth-order valence-corrected chi connectivity index (χ4v) is 3.98. The average molecular weight is 441 g/mol. The Balaban J connectivity index is 1.65. The molecule has 10 heteroatoms. The molecule has 0 saturated carbocycles. The molecule has 0 bridgehead atoms. The zero-order valence-electron chi connectivity index (χ0n) is 18.3. The Bertz CT molecular complexity index is 961. The van der Waals surface area contributed by atoms with Crippen LogP contribution in [0, 0.1) is 0 Å². The first-order valence-electron chi connectivity index (χ1n) is 10.7. The summed E-state index contributed by atoms with van der Waals surface area (Å²) in [6.07, 6.45) is 3.33. The molecule has 32 heavy (non-hydrogen) atoms. The van der Waals surface area contributed by atoms with Gasteiger partial charge in [-0.3, -0.25) is 4.79 Å². The van der Waals surface area contributed by atoms with Crippen molar-refractivity contribution in [2.45, 2.75) is 18.9 Å². The fraction of sp³-hybridized carbons (Fsp3) is 0.455. The average Bonchev–Trinajstić information content (AvgIpc) is 2.83. The zero-order chi connectivity index (χ0) is 22.5. The summed E-state index contributed by atoms with van der Waals surface area (Å²) >= 11 is 0. The summed E-state index contributed by atoms with van der Waals surface area (Å²) in [5.41, 5.74) is 2.21. The molecule has 2 N–H and O–H groups in total. The molecule has 3 heterocycles. The van der Waals surface area contributed by atoms with Gasteiger partial charge in [0.05, 0.1) is 19.3 Å². The van der Waals surface area contributed by atoms with Crippen LogP contribution in [0.4, 0.5) is 22.0 Å². The second-order valence-electron chi connectivity index (χ2n) is 7.71. The first kappa shape index (κ1) is 22.0. The lowest BCUT2D eigenvalue weighted by atomic mass is 10.0. The molecule has 0 aliphatic carbocycles. The monoisotopic (exact) mass is 440 g/mol. The number of carbonyl (C=O) groups is 2. The van der Waals surface area contributed by atoms with Gasteiger partial charge in [0, 0.05) is 51.2 Å². The van der Waals surface area contributed by atoms with E-state index in [1.807, 2.05) is 21.9 Å². The van der Waals surface area contributed by atoms with E-state index in [9.17, 15) is 9.59 Å². The Kier molecular flexibility index (Phi) is 6.81. The highest BCUT2D eigenvalue weighted by atomic mass is 16.5. The molecular weight excluding hydrogens is 412 g/mol. The molecule has 3 amide bonds. The van der Waals surface area contributed by atoms with Gasteiger partial charge in [-0.25, -0.2) is 14.8 Å². The van der Waals surface area contributed by atoms with Gasteiger partial charge < -0.3 is 29.9 Å². The first-order valence-corrected chi connectivity index (χ1v) is 10.7. The maximum absolute atomic E-state index is 13.0. The van der Waals surface area contributed by atoms with Gasteiger partial charge >= 0.3 is 6.03 Å². The van der Waals surface area contributed by atoms with E-state index >= 15 is 0 Å². The van der Waals surface area contributed by atoms with E-state index in [4.69, 9.17) is 14.5 Å². The van der Waals surface area contributed by atoms with Crippen molar-refractivity contribution in [2.75, 3.05) is 62.2 Å². The second kappa shape index (κ2) is 9.92. The molecule has 1 aromatic carbocycles. The first-order chi connectivity index (χ1) is 15.6. The lowest BCUT2D eigenvalue weighted by Gasteiger charge is -2.41. The Morgan fingerprint density at radius 1 is 1.25 bits per heavy atom. The van der Waals surface area contributed by atoms with Crippen molar-refractivity contribution in [1.29, 1.82) is 0 Å². The number of benzene rings is 1. The van der Waals surface area contributed by atoms with Gasteiger partial charge in [0.15, 0.2) is 11.6 Å². The molecule has 1 fully saturated rings. The summed E-state index contributed by atoms with van der Waals surface area (Å²) in [7, 11) is 3.20. The summed E-state index contributed by atoms with van der Waals surface area (Å²) in [6.45, 7) is 2.59. The Hall–Kier alpha value is -3.24. The minimum Gasteiger partial charge on any atom is -0.383 e. The van der Waals surface area contributed by atoms with E-state index in [0.29, 0.717) is 37.9 Å². The molecular formula is C22H28N6O4. The number of aromatic nitrogens is 2. The number of hydrogen-bond acceptors (Lipinski definition) is 7. The highest BCUT2D eigenvalue weighted by Gasteiger charge is 2.36. The van der Waals surface area contributed by atoms with Crippen LogP contribution in [0.25, 0.3) is 11.4 Å². The van der Waals surface area contributed by atoms with Crippen LogP contribution in [-0.2, 0) is 14.3 Å². The van der Waals surface area contributed by atoms with Gasteiger partial charge in [-0.05, 0) is 37.1 Å². The summed E-state index contributed by atoms with van der Waals surface area (Å²) in [5, 5.41) is 5.25. The summed E-state index contributed by atoms with van der Waals surface area (Å²) in [4.78, 5) is 37.8. The number of hydrogen-bond donors (Lipinski definition) is 2. The number of anilines is 3. The van der Waals surface area contributed by atoms with Crippen molar-refractivity contribution in [2.24, 2.45) is 0 Å². The molecule has 170 valence electrons. The molecule has 4 rings (SSSR count). The second-order valence-corrected chi connectivity index (χ2v) is 7.71. The van der Waals surface area contributed by atoms with E-state index in [1.54, 1.807) is 32.5 Å². The third kappa shape index (κ3) is 4.66. The number of rotatable bonds is 6. The number of amides is 3. The van der Waals surface area contributed by atoms with Crippen LogP contribution in [0.1, 0.15) is 12.8 Å². The van der Waals surface area contributed by atoms with Gasteiger partial charge in [0.1, 0.15) is 5.69 Å².